The van der Waals surface area contributed by atoms with Gasteiger partial charge in [0.2, 0.25) is 0 Å². The highest BCUT2D eigenvalue weighted by atomic mass is 32.2. The second kappa shape index (κ2) is 8.81. The van der Waals surface area contributed by atoms with Gasteiger partial charge >= 0.3 is 0 Å². The van der Waals surface area contributed by atoms with Crippen LogP contribution >= 0.6 is 11.8 Å². The lowest BCUT2D eigenvalue weighted by atomic mass is 9.74. The second-order valence-electron chi connectivity index (χ2n) is 8.68. The zero-order valence-corrected chi connectivity index (χ0v) is 20.0. The molecule has 0 saturated carbocycles. The Labute approximate surface area is 200 Å². The molecule has 0 amide bonds. The molecule has 0 radical (unpaired) electrons. The second-order valence-corrected chi connectivity index (χ2v) is 10.2. The van der Waals surface area contributed by atoms with Crippen LogP contribution in [0.1, 0.15) is 31.9 Å². The average molecular weight is 483 g/mol. The Hall–Kier alpha value is -3.29. The van der Waals surface area contributed by atoms with Gasteiger partial charge in [-0.2, -0.15) is 5.26 Å². The van der Waals surface area contributed by atoms with E-state index in [0.29, 0.717) is 28.9 Å². The normalized spacial score (nSPS) is 24.5. The maximum atomic E-state index is 15.2. The van der Waals surface area contributed by atoms with Gasteiger partial charge in [0.1, 0.15) is 11.6 Å². The van der Waals surface area contributed by atoms with E-state index in [2.05, 4.69) is 20.3 Å². The minimum absolute atomic E-state index is 0.0769. The van der Waals surface area contributed by atoms with Crippen LogP contribution in [0, 0.1) is 28.9 Å². The van der Waals surface area contributed by atoms with Crippen LogP contribution in [0.5, 0.6) is 0 Å². The largest absolute Gasteiger partial charge is 0.383 e. The van der Waals surface area contributed by atoms with Gasteiger partial charge in [0.15, 0.2) is 22.6 Å². The van der Waals surface area contributed by atoms with Gasteiger partial charge in [-0.25, -0.2) is 13.8 Å². The molecule has 3 aromatic rings. The summed E-state index contributed by atoms with van der Waals surface area (Å²) in [6.45, 7) is 6.02. The van der Waals surface area contributed by atoms with Crippen molar-refractivity contribution in [2.45, 2.75) is 31.1 Å². The van der Waals surface area contributed by atoms with Crippen LogP contribution < -0.4 is 11.1 Å². The van der Waals surface area contributed by atoms with Crippen LogP contribution in [0.25, 0.3) is 10.9 Å². The number of anilines is 2. The molecule has 4 rings (SSSR count). The third-order valence-electron chi connectivity index (χ3n) is 6.43. The van der Waals surface area contributed by atoms with E-state index in [4.69, 9.17) is 15.7 Å². The predicted molar refractivity (Wildman–Crippen MR) is 130 cm³/mol. The number of benzene rings is 1. The molecule has 0 bridgehead atoms. The van der Waals surface area contributed by atoms with Crippen LogP contribution in [-0.4, -0.2) is 33.6 Å². The van der Waals surface area contributed by atoms with Gasteiger partial charge in [-0.15, -0.1) is 0 Å². The topological polar surface area (TPSA) is 109 Å². The van der Waals surface area contributed by atoms with Gasteiger partial charge in [0, 0.05) is 52.9 Å². The summed E-state index contributed by atoms with van der Waals surface area (Å²) in [5.41, 5.74) is 6.26. The molecule has 176 valence electrons. The number of thioether (sulfide) groups is 1. The van der Waals surface area contributed by atoms with Crippen LogP contribution in [-0.2, 0) is 10.3 Å². The zero-order chi connectivity index (χ0) is 24.7. The minimum Gasteiger partial charge on any atom is -0.383 e. The Bertz CT molecular complexity index is 1340. The lowest BCUT2D eigenvalue weighted by Gasteiger charge is -2.47. The third-order valence-corrected chi connectivity index (χ3v) is 7.67. The fourth-order valence-corrected chi connectivity index (χ4v) is 5.68. The number of nitrogens with zero attached hydrogens (tertiary/aromatic N) is 4. The number of aromatic nitrogens is 2. The number of hydrogen-bond donors (Lipinski definition) is 2. The van der Waals surface area contributed by atoms with Crippen LogP contribution in [0.2, 0.25) is 0 Å². The van der Waals surface area contributed by atoms with Crippen molar-refractivity contribution in [3.05, 3.63) is 59.4 Å². The van der Waals surface area contributed by atoms with E-state index in [-0.39, 0.29) is 22.3 Å². The maximum Gasteiger partial charge on any atom is 0.164 e. The number of pyridine rings is 2. The van der Waals surface area contributed by atoms with E-state index in [1.165, 1.54) is 24.0 Å². The van der Waals surface area contributed by atoms with Crippen molar-refractivity contribution in [2.75, 3.05) is 19.0 Å². The molecular weight excluding hydrogens is 458 g/mol. The summed E-state index contributed by atoms with van der Waals surface area (Å²) < 4.78 is 35.0. The van der Waals surface area contributed by atoms with Gasteiger partial charge < -0.3 is 15.8 Å². The Morgan fingerprint density at radius 2 is 2.03 bits per heavy atom. The minimum atomic E-state index is -1.14. The lowest BCUT2D eigenvalue weighted by molar-refractivity contribution is 0.124. The van der Waals surface area contributed by atoms with Crippen molar-refractivity contribution in [1.82, 2.24) is 9.97 Å². The van der Waals surface area contributed by atoms with Gasteiger partial charge in [0.05, 0.1) is 17.7 Å². The van der Waals surface area contributed by atoms with E-state index < -0.39 is 21.9 Å². The molecule has 0 aliphatic carbocycles. The first-order valence-electron chi connectivity index (χ1n) is 10.6. The first-order chi connectivity index (χ1) is 16.1. The van der Waals surface area contributed by atoms with Crippen molar-refractivity contribution in [1.29, 1.82) is 5.26 Å². The molecule has 1 aromatic carbocycles. The lowest BCUT2D eigenvalue weighted by Crippen LogP contribution is -2.50. The zero-order valence-electron chi connectivity index (χ0n) is 19.2. The summed E-state index contributed by atoms with van der Waals surface area (Å²) in [4.78, 5) is 13.2. The van der Waals surface area contributed by atoms with E-state index in [1.807, 2.05) is 19.9 Å². The molecule has 3 heterocycles. The first-order valence-corrected chi connectivity index (χ1v) is 11.4. The summed E-state index contributed by atoms with van der Waals surface area (Å²) in [6.07, 6.45) is 2.99. The maximum absolute atomic E-state index is 15.2. The van der Waals surface area contributed by atoms with Crippen molar-refractivity contribution in [2.24, 2.45) is 16.6 Å². The fourth-order valence-electron chi connectivity index (χ4n) is 4.38. The number of nitrogens with one attached hydrogen (secondary N) is 1. The van der Waals surface area contributed by atoms with E-state index in [0.717, 1.165) is 6.07 Å². The molecule has 0 spiro atoms. The van der Waals surface area contributed by atoms with Gasteiger partial charge in [0.25, 0.3) is 0 Å². The number of aliphatic imine (C=N–C) groups is 1. The summed E-state index contributed by atoms with van der Waals surface area (Å²) in [5.74, 6) is -1.90. The fraction of sp³-hybridized carbons (Fsp3) is 0.333. The molecule has 7 nitrogen and oxygen atoms in total. The molecule has 3 atom stereocenters. The summed E-state index contributed by atoms with van der Waals surface area (Å²) in [6, 6.07) is 8.04. The van der Waals surface area contributed by atoms with Crippen molar-refractivity contribution >= 4 is 39.3 Å². The molecule has 0 fully saturated rings. The SMILES string of the molecule is COC[C@@]1(C)SC(N)=N[C@](C)(c2cc(Nc3nccc4cc(C#N)cnc34)cc(F)c2F)[C@@H]1C. The standard InChI is InChI=1S/C24H24F2N6OS/c1-13-23(2,12-33-4)34-22(28)32-24(13,3)17-8-16(9-18(25)19(17)26)31-21-20-15(5-6-29-21)7-14(10-27)11-30-20/h5-9,11,13H,12H2,1-4H3,(H2,28,32)(H,29,31)/t13-,23-,24+/m1/s1. The number of methoxy groups -OCH3 is 1. The van der Waals surface area contributed by atoms with Crippen LogP contribution in [0.4, 0.5) is 20.3 Å². The summed E-state index contributed by atoms with van der Waals surface area (Å²) >= 11 is 1.37. The Kier molecular flexibility index (Phi) is 6.18. The number of fused-ring (bicyclic) bond motifs is 1. The summed E-state index contributed by atoms with van der Waals surface area (Å²) in [5, 5.41) is 13.1. The molecule has 0 unspecified atom stereocenters. The highest BCUT2D eigenvalue weighted by Crippen LogP contribution is 2.50. The van der Waals surface area contributed by atoms with Crippen molar-refractivity contribution < 1.29 is 13.5 Å². The Morgan fingerprint density at radius 1 is 1.26 bits per heavy atom. The van der Waals surface area contributed by atoms with E-state index >= 15 is 4.39 Å². The smallest absolute Gasteiger partial charge is 0.164 e. The van der Waals surface area contributed by atoms with Crippen LogP contribution in [0.15, 0.2) is 41.7 Å². The number of halogens is 2. The number of nitrogens with two attached hydrogens (primary N) is 1. The van der Waals surface area contributed by atoms with E-state index in [9.17, 15) is 4.39 Å². The Balaban J connectivity index is 1.81. The third kappa shape index (κ3) is 4.06. The molecule has 3 N–H and O–H groups in total. The van der Waals surface area contributed by atoms with Crippen molar-refractivity contribution in [3.63, 3.8) is 0 Å². The number of hydrogen-bond acceptors (Lipinski definition) is 8. The quantitative estimate of drug-likeness (QED) is 0.535. The average Bonchev–Trinajstić information content (AvgIpc) is 2.79. The molecular formula is C24H24F2N6OS. The van der Waals surface area contributed by atoms with Crippen LogP contribution in [0.3, 0.4) is 0 Å². The molecule has 0 saturated heterocycles. The monoisotopic (exact) mass is 482 g/mol. The Morgan fingerprint density at radius 3 is 2.74 bits per heavy atom. The number of nitriles is 1. The highest BCUT2D eigenvalue weighted by Gasteiger charge is 2.50. The van der Waals surface area contributed by atoms with Gasteiger partial charge in [-0.3, -0.25) is 9.98 Å². The number of amidine groups is 1. The molecule has 1 aliphatic heterocycles. The van der Waals surface area contributed by atoms with Crippen molar-refractivity contribution in [3.8, 4) is 6.07 Å². The first kappa shape index (κ1) is 23.9. The molecule has 2 aromatic heterocycles. The van der Waals surface area contributed by atoms with Gasteiger partial charge in [-0.1, -0.05) is 18.7 Å². The highest BCUT2D eigenvalue weighted by molar-refractivity contribution is 8.15. The predicted octanol–water partition coefficient (Wildman–Crippen LogP) is 4.84. The number of ether oxygens (including phenoxy) is 1. The molecule has 1 aliphatic rings. The molecule has 10 heteroatoms. The van der Waals surface area contributed by atoms with Gasteiger partial charge in [-0.05, 0) is 32.0 Å². The summed E-state index contributed by atoms with van der Waals surface area (Å²) in [7, 11) is 1.59. The van der Waals surface area contributed by atoms with E-state index in [1.54, 1.807) is 32.4 Å². The molecule has 34 heavy (non-hydrogen) atoms. The number of rotatable bonds is 5.